The van der Waals surface area contributed by atoms with Crippen LogP contribution < -0.4 is 4.90 Å². The van der Waals surface area contributed by atoms with Gasteiger partial charge in [-0.05, 0) is 35.2 Å². The molecule has 164 valence electrons. The van der Waals surface area contributed by atoms with Gasteiger partial charge in [-0.25, -0.2) is 4.90 Å². The number of alkyl halides is 2. The molecule has 0 aromatic heterocycles. The van der Waals surface area contributed by atoms with Crippen molar-refractivity contribution >= 4 is 46.4 Å². The molecule has 6 nitrogen and oxygen atoms in total. The van der Waals surface area contributed by atoms with Gasteiger partial charge in [-0.1, -0.05) is 54.6 Å². The number of halogens is 2. The van der Waals surface area contributed by atoms with Gasteiger partial charge in [-0.15, -0.1) is 23.2 Å². The van der Waals surface area contributed by atoms with Crippen molar-refractivity contribution in [2.45, 2.75) is 16.7 Å². The first-order valence-corrected chi connectivity index (χ1v) is 11.2. The second kappa shape index (κ2) is 6.43. The second-order valence-electron chi connectivity index (χ2n) is 8.71. The number of amides is 2. The molecule has 1 heterocycles. The van der Waals surface area contributed by atoms with Crippen molar-refractivity contribution in [2.75, 3.05) is 4.90 Å². The minimum atomic E-state index is -1.29. The van der Waals surface area contributed by atoms with Gasteiger partial charge in [0.05, 0.1) is 22.4 Å². The molecule has 0 unspecified atom stereocenters. The average molecular weight is 479 g/mol. The quantitative estimate of drug-likeness (QED) is 0.224. The average Bonchev–Trinajstić information content (AvgIpc) is 3.09. The summed E-state index contributed by atoms with van der Waals surface area (Å²) in [5.74, 6) is -2.91. The molecule has 2 bridgehead atoms. The van der Waals surface area contributed by atoms with E-state index in [1.54, 1.807) is 13.0 Å². The monoisotopic (exact) mass is 478 g/mol. The third-order valence-corrected chi connectivity index (χ3v) is 8.52. The normalized spacial score (nSPS) is 29.0. The molecule has 1 fully saturated rings. The highest BCUT2D eigenvalue weighted by atomic mass is 35.5. The predicted octanol–water partition coefficient (Wildman–Crippen LogP) is 5.00. The van der Waals surface area contributed by atoms with E-state index < -0.39 is 38.3 Å². The lowest BCUT2D eigenvalue weighted by atomic mass is 9.54. The minimum absolute atomic E-state index is 0.143. The van der Waals surface area contributed by atoms with Crippen LogP contribution in [-0.2, 0) is 19.3 Å². The Labute approximate surface area is 198 Å². The Hall–Kier alpha value is -3.22. The van der Waals surface area contributed by atoms with Crippen LogP contribution in [-0.4, -0.2) is 16.7 Å². The number of anilines is 1. The van der Waals surface area contributed by atoms with Crippen molar-refractivity contribution in [3.63, 3.8) is 0 Å². The molecule has 8 heteroatoms. The van der Waals surface area contributed by atoms with E-state index in [1.807, 2.05) is 48.5 Å². The minimum Gasteiger partial charge on any atom is -0.274 e. The van der Waals surface area contributed by atoms with Crippen LogP contribution in [0.25, 0.3) is 0 Å². The number of carbonyl (C=O) groups excluding carboxylic acids is 2. The van der Waals surface area contributed by atoms with Gasteiger partial charge in [0.25, 0.3) is 5.69 Å². The smallest absolute Gasteiger partial charge is 0.274 e. The molecule has 4 aliphatic rings. The number of rotatable bonds is 2. The van der Waals surface area contributed by atoms with Crippen molar-refractivity contribution in [1.29, 1.82) is 0 Å². The Kier molecular flexibility index (Phi) is 3.97. The Morgan fingerprint density at radius 3 is 1.64 bits per heavy atom. The summed E-state index contributed by atoms with van der Waals surface area (Å²) >= 11 is 14.7. The summed E-state index contributed by atoms with van der Waals surface area (Å²) in [5, 5.41) is 11.5. The van der Waals surface area contributed by atoms with E-state index in [9.17, 15) is 19.7 Å². The predicted molar refractivity (Wildman–Crippen MR) is 123 cm³/mol. The maximum atomic E-state index is 13.9. The van der Waals surface area contributed by atoms with Gasteiger partial charge in [0.2, 0.25) is 11.8 Å². The maximum absolute atomic E-state index is 13.9. The van der Waals surface area contributed by atoms with Crippen LogP contribution in [0.3, 0.4) is 0 Å². The van der Waals surface area contributed by atoms with Crippen molar-refractivity contribution in [3.8, 4) is 0 Å². The third kappa shape index (κ3) is 2.25. The summed E-state index contributed by atoms with van der Waals surface area (Å²) in [6.45, 7) is 1.60. The van der Waals surface area contributed by atoms with Gasteiger partial charge in [0.15, 0.2) is 0 Å². The molecule has 3 aromatic rings. The summed E-state index contributed by atoms with van der Waals surface area (Å²) in [6, 6.07) is 19.1. The second-order valence-corrected chi connectivity index (χ2v) is 9.90. The van der Waals surface area contributed by atoms with E-state index in [-0.39, 0.29) is 11.4 Å². The van der Waals surface area contributed by atoms with Gasteiger partial charge < -0.3 is 0 Å². The van der Waals surface area contributed by atoms with Crippen LogP contribution in [0.4, 0.5) is 11.4 Å². The lowest BCUT2D eigenvalue weighted by Gasteiger charge is -2.54. The lowest BCUT2D eigenvalue weighted by Crippen LogP contribution is -2.57. The molecule has 2 amide bonds. The summed E-state index contributed by atoms with van der Waals surface area (Å²) < 4.78 is 0. The third-order valence-electron chi connectivity index (χ3n) is 7.23. The summed E-state index contributed by atoms with van der Waals surface area (Å²) in [5.41, 5.74) is 3.24. The first kappa shape index (κ1) is 20.4. The molecule has 7 rings (SSSR count). The van der Waals surface area contributed by atoms with Crippen LogP contribution in [0.1, 0.15) is 27.8 Å². The van der Waals surface area contributed by atoms with Crippen molar-refractivity contribution in [2.24, 2.45) is 11.8 Å². The molecule has 0 saturated carbocycles. The van der Waals surface area contributed by atoms with E-state index in [4.69, 9.17) is 23.2 Å². The molecule has 3 aromatic carbocycles. The topological polar surface area (TPSA) is 80.5 Å². The zero-order valence-electron chi connectivity index (χ0n) is 17.3. The van der Waals surface area contributed by atoms with Crippen LogP contribution in [0.2, 0.25) is 0 Å². The molecular weight excluding hydrogens is 463 g/mol. The zero-order valence-corrected chi connectivity index (χ0v) is 18.8. The van der Waals surface area contributed by atoms with E-state index in [1.165, 1.54) is 12.1 Å². The number of nitrogens with zero attached hydrogens (tertiary/aromatic N) is 2. The largest absolute Gasteiger partial charge is 0.274 e. The first-order chi connectivity index (χ1) is 15.7. The summed E-state index contributed by atoms with van der Waals surface area (Å²) in [6.07, 6.45) is 0. The highest BCUT2D eigenvalue weighted by Gasteiger charge is 2.73. The van der Waals surface area contributed by atoms with Crippen molar-refractivity contribution < 1.29 is 14.5 Å². The van der Waals surface area contributed by atoms with Gasteiger partial charge in [0.1, 0.15) is 9.75 Å². The molecule has 0 radical (unpaired) electrons. The van der Waals surface area contributed by atoms with Gasteiger partial charge in [-0.2, -0.15) is 0 Å². The van der Waals surface area contributed by atoms with Crippen LogP contribution in [0.15, 0.2) is 66.7 Å². The first-order valence-electron chi connectivity index (χ1n) is 10.4. The maximum Gasteiger partial charge on any atom is 0.274 e. The van der Waals surface area contributed by atoms with E-state index in [2.05, 4.69) is 0 Å². The van der Waals surface area contributed by atoms with E-state index >= 15 is 0 Å². The zero-order chi connectivity index (χ0) is 23.3. The molecule has 0 spiro atoms. The fourth-order valence-corrected chi connectivity index (χ4v) is 6.95. The molecule has 1 saturated heterocycles. The SMILES string of the molecule is Cc1ccc(N2C(=O)[C@@H]3[C@H](C2=O)C2(Cl)c4ccccc4C3(Cl)c3ccccc32)cc1[N+](=O)[O-]. The van der Waals surface area contributed by atoms with Crippen LogP contribution in [0.5, 0.6) is 0 Å². The Bertz CT molecular complexity index is 1300. The number of benzene rings is 3. The summed E-state index contributed by atoms with van der Waals surface area (Å²) in [4.78, 5) is 37.1. The number of hydrogen-bond donors (Lipinski definition) is 0. The number of carbonyl (C=O) groups is 2. The number of aryl methyl sites for hydroxylation is 1. The van der Waals surface area contributed by atoms with Gasteiger partial charge in [0, 0.05) is 11.6 Å². The Morgan fingerprint density at radius 1 is 0.818 bits per heavy atom. The molecule has 0 N–H and O–H groups in total. The number of nitro groups is 1. The van der Waals surface area contributed by atoms with Gasteiger partial charge in [-0.3, -0.25) is 19.7 Å². The number of hydrogen-bond acceptors (Lipinski definition) is 4. The van der Waals surface area contributed by atoms with Crippen molar-refractivity contribution in [3.05, 3.63) is 105 Å². The Morgan fingerprint density at radius 2 is 1.24 bits per heavy atom. The molecule has 3 aliphatic carbocycles. The molecule has 2 atom stereocenters. The van der Waals surface area contributed by atoms with Crippen molar-refractivity contribution in [1.82, 2.24) is 0 Å². The summed E-state index contributed by atoms with van der Waals surface area (Å²) in [7, 11) is 0. The standard InChI is InChI=1S/C25H16Cl2N2O4/c1-13-10-11-14(12-19(13)29(32)33)28-22(30)20-21(23(28)31)25(27)16-7-3-2-6-15(16)24(20,26)17-8-4-5-9-18(17)25/h2-12,20-21H,1H3/t20-,21+,24?,25?. The highest BCUT2D eigenvalue weighted by Crippen LogP contribution is 2.69. The lowest BCUT2D eigenvalue weighted by molar-refractivity contribution is -0.385. The molecule has 33 heavy (non-hydrogen) atoms. The highest BCUT2D eigenvalue weighted by molar-refractivity contribution is 6.38. The Balaban J connectivity index is 1.62. The van der Waals surface area contributed by atoms with Gasteiger partial charge >= 0.3 is 0 Å². The fourth-order valence-electron chi connectivity index (χ4n) is 5.86. The van der Waals surface area contributed by atoms with Crippen LogP contribution in [0, 0.1) is 28.9 Å². The van der Waals surface area contributed by atoms with E-state index in [0.29, 0.717) is 27.8 Å². The molecule has 1 aliphatic heterocycles. The van der Waals surface area contributed by atoms with E-state index in [0.717, 1.165) is 4.90 Å². The fraction of sp³-hybridized carbons (Fsp3) is 0.200. The number of nitro benzene ring substituents is 1. The number of imide groups is 1. The van der Waals surface area contributed by atoms with Crippen LogP contribution >= 0.6 is 23.2 Å². The molecular formula is C25H16Cl2N2O4.